The van der Waals surface area contributed by atoms with Crippen LogP contribution in [0.3, 0.4) is 0 Å². The maximum Gasteiger partial charge on any atom is 0.196 e. The summed E-state index contributed by atoms with van der Waals surface area (Å²) in [5.41, 5.74) is 2.83. The zero-order valence-electron chi connectivity index (χ0n) is 13.4. The maximum atomic E-state index is 12.3. The number of ketones is 1. The Hall–Kier alpha value is -2.11. The van der Waals surface area contributed by atoms with Crippen molar-refractivity contribution in [3.63, 3.8) is 0 Å². The molecule has 24 heavy (non-hydrogen) atoms. The summed E-state index contributed by atoms with van der Waals surface area (Å²) in [7, 11) is 0. The number of hydrogen-bond acceptors (Lipinski definition) is 4. The molecule has 0 saturated carbocycles. The lowest BCUT2D eigenvalue weighted by atomic mass is 10.1. The Morgan fingerprint density at radius 3 is 2.38 bits per heavy atom. The molecule has 2 aromatic carbocycles. The number of carbonyl (C=O) groups excluding carboxylic acids is 1. The largest absolute Gasteiger partial charge is 0.293 e. The van der Waals surface area contributed by atoms with E-state index in [4.69, 9.17) is 11.6 Å². The van der Waals surface area contributed by atoms with Crippen LogP contribution in [0.2, 0.25) is 5.02 Å². The highest BCUT2D eigenvalue weighted by molar-refractivity contribution is 7.99. The minimum Gasteiger partial charge on any atom is -0.293 e. The number of nitrogens with zero attached hydrogens (tertiary/aromatic N) is 3. The molecule has 3 rings (SSSR count). The van der Waals surface area contributed by atoms with Gasteiger partial charge < -0.3 is 0 Å². The van der Waals surface area contributed by atoms with Crippen LogP contribution in [0.5, 0.6) is 0 Å². The first-order valence-electron chi connectivity index (χ1n) is 7.45. The Morgan fingerprint density at radius 1 is 1.04 bits per heavy atom. The Labute approximate surface area is 149 Å². The molecule has 122 valence electrons. The molecule has 1 heterocycles. The van der Waals surface area contributed by atoms with E-state index in [-0.39, 0.29) is 5.78 Å². The molecule has 0 radical (unpaired) electrons. The zero-order chi connectivity index (χ0) is 17.1. The highest BCUT2D eigenvalue weighted by atomic mass is 35.5. The zero-order valence-corrected chi connectivity index (χ0v) is 14.9. The number of hydrogen-bond donors (Lipinski definition) is 0. The fraction of sp³-hybridized carbons (Fsp3) is 0.167. The number of Topliss-reactive ketones (excluding diaryl/α,β-unsaturated/α-hetero) is 1. The summed E-state index contributed by atoms with van der Waals surface area (Å²) in [5.74, 6) is 1.12. The van der Waals surface area contributed by atoms with Crippen LogP contribution in [-0.4, -0.2) is 26.3 Å². The van der Waals surface area contributed by atoms with Gasteiger partial charge in [0.25, 0.3) is 0 Å². The fourth-order valence-electron chi connectivity index (χ4n) is 2.28. The number of aromatic nitrogens is 3. The Kier molecular flexibility index (Phi) is 5.02. The van der Waals surface area contributed by atoms with E-state index in [2.05, 4.69) is 10.2 Å². The van der Waals surface area contributed by atoms with Gasteiger partial charge in [0, 0.05) is 16.3 Å². The van der Waals surface area contributed by atoms with E-state index >= 15 is 0 Å². The molecule has 0 N–H and O–H groups in total. The number of aryl methyl sites for hydroxylation is 2. The molecule has 4 nitrogen and oxygen atoms in total. The van der Waals surface area contributed by atoms with Crippen molar-refractivity contribution >= 4 is 29.1 Å². The molecule has 1 aromatic heterocycles. The van der Waals surface area contributed by atoms with E-state index in [1.807, 2.05) is 42.7 Å². The third kappa shape index (κ3) is 3.68. The highest BCUT2D eigenvalue weighted by Gasteiger charge is 2.14. The van der Waals surface area contributed by atoms with Crippen LogP contribution in [0.25, 0.3) is 5.69 Å². The Morgan fingerprint density at radius 2 is 1.71 bits per heavy atom. The standard InChI is InChI=1S/C18H16ClN3OS/c1-12-3-9-16(10-4-12)22-13(2)20-21-18(22)24-11-17(23)14-5-7-15(19)8-6-14/h3-10H,11H2,1-2H3. The van der Waals surface area contributed by atoms with Crippen LogP contribution >= 0.6 is 23.4 Å². The van der Waals surface area contributed by atoms with Gasteiger partial charge in [-0.25, -0.2) is 0 Å². The summed E-state index contributed by atoms with van der Waals surface area (Å²) >= 11 is 7.23. The third-order valence-electron chi connectivity index (χ3n) is 3.59. The first kappa shape index (κ1) is 16.7. The Balaban J connectivity index is 1.77. The molecule has 0 aliphatic heterocycles. The molecular formula is C18H16ClN3OS. The van der Waals surface area contributed by atoms with E-state index < -0.39 is 0 Å². The van der Waals surface area contributed by atoms with Crippen molar-refractivity contribution in [2.45, 2.75) is 19.0 Å². The van der Waals surface area contributed by atoms with Crippen molar-refractivity contribution in [1.29, 1.82) is 0 Å². The molecule has 0 spiro atoms. The number of rotatable bonds is 5. The monoisotopic (exact) mass is 357 g/mol. The lowest BCUT2D eigenvalue weighted by molar-refractivity contribution is 0.102. The smallest absolute Gasteiger partial charge is 0.196 e. The van der Waals surface area contributed by atoms with Crippen LogP contribution in [0.4, 0.5) is 0 Å². The summed E-state index contributed by atoms with van der Waals surface area (Å²) in [6.07, 6.45) is 0. The lowest BCUT2D eigenvalue weighted by Crippen LogP contribution is -2.05. The predicted molar refractivity (Wildman–Crippen MR) is 97.3 cm³/mol. The van der Waals surface area contributed by atoms with Crippen LogP contribution in [0.15, 0.2) is 53.7 Å². The topological polar surface area (TPSA) is 47.8 Å². The second-order valence-electron chi connectivity index (χ2n) is 5.42. The quantitative estimate of drug-likeness (QED) is 0.498. The SMILES string of the molecule is Cc1ccc(-n2c(C)nnc2SCC(=O)c2ccc(Cl)cc2)cc1. The van der Waals surface area contributed by atoms with Crippen molar-refractivity contribution in [3.05, 3.63) is 70.5 Å². The molecule has 0 amide bonds. The molecule has 0 fully saturated rings. The average Bonchev–Trinajstić information content (AvgIpc) is 2.95. The minimum atomic E-state index is 0.0350. The molecule has 3 aromatic rings. The molecule has 0 aliphatic carbocycles. The molecule has 0 atom stereocenters. The predicted octanol–water partition coefficient (Wildman–Crippen LogP) is 4.51. The minimum absolute atomic E-state index is 0.0350. The lowest BCUT2D eigenvalue weighted by Gasteiger charge is -2.08. The molecule has 6 heteroatoms. The summed E-state index contributed by atoms with van der Waals surface area (Å²) in [4.78, 5) is 12.3. The van der Waals surface area contributed by atoms with Crippen molar-refractivity contribution in [1.82, 2.24) is 14.8 Å². The molecule has 0 unspecified atom stereocenters. The van der Waals surface area contributed by atoms with Gasteiger partial charge in [-0.3, -0.25) is 9.36 Å². The normalized spacial score (nSPS) is 10.8. The van der Waals surface area contributed by atoms with E-state index in [0.29, 0.717) is 21.5 Å². The van der Waals surface area contributed by atoms with Gasteiger partial charge in [0.2, 0.25) is 0 Å². The van der Waals surface area contributed by atoms with Crippen molar-refractivity contribution in [3.8, 4) is 5.69 Å². The molecule has 0 bridgehead atoms. The van der Waals surface area contributed by atoms with Gasteiger partial charge in [-0.2, -0.15) is 0 Å². The first-order chi connectivity index (χ1) is 11.5. The summed E-state index contributed by atoms with van der Waals surface area (Å²) in [6, 6.07) is 15.1. The van der Waals surface area contributed by atoms with Gasteiger partial charge in [-0.1, -0.05) is 41.1 Å². The van der Waals surface area contributed by atoms with Crippen LogP contribution < -0.4 is 0 Å². The first-order valence-corrected chi connectivity index (χ1v) is 8.81. The molecule has 0 saturated heterocycles. The second kappa shape index (κ2) is 7.20. The Bertz CT molecular complexity index is 857. The van der Waals surface area contributed by atoms with Gasteiger partial charge in [-0.15, -0.1) is 10.2 Å². The van der Waals surface area contributed by atoms with Crippen molar-refractivity contribution < 1.29 is 4.79 Å². The van der Waals surface area contributed by atoms with Gasteiger partial charge >= 0.3 is 0 Å². The molecular weight excluding hydrogens is 342 g/mol. The number of benzene rings is 2. The van der Waals surface area contributed by atoms with Gasteiger partial charge in [0.05, 0.1) is 5.75 Å². The third-order valence-corrected chi connectivity index (χ3v) is 4.77. The van der Waals surface area contributed by atoms with Crippen LogP contribution in [-0.2, 0) is 0 Å². The second-order valence-corrected chi connectivity index (χ2v) is 6.80. The summed E-state index contributed by atoms with van der Waals surface area (Å²) < 4.78 is 1.96. The fourth-order valence-corrected chi connectivity index (χ4v) is 3.29. The van der Waals surface area contributed by atoms with Gasteiger partial charge in [-0.05, 0) is 50.2 Å². The van der Waals surface area contributed by atoms with E-state index in [1.54, 1.807) is 24.3 Å². The number of thioether (sulfide) groups is 1. The maximum absolute atomic E-state index is 12.3. The van der Waals surface area contributed by atoms with E-state index in [0.717, 1.165) is 11.5 Å². The number of halogens is 1. The van der Waals surface area contributed by atoms with Gasteiger partial charge in [0.15, 0.2) is 10.9 Å². The van der Waals surface area contributed by atoms with Crippen molar-refractivity contribution in [2.75, 3.05) is 5.75 Å². The van der Waals surface area contributed by atoms with E-state index in [9.17, 15) is 4.79 Å². The van der Waals surface area contributed by atoms with Gasteiger partial charge in [0.1, 0.15) is 5.82 Å². The van der Waals surface area contributed by atoms with Crippen LogP contribution in [0.1, 0.15) is 21.7 Å². The van der Waals surface area contributed by atoms with E-state index in [1.165, 1.54) is 17.3 Å². The highest BCUT2D eigenvalue weighted by Crippen LogP contribution is 2.23. The van der Waals surface area contributed by atoms with Crippen molar-refractivity contribution in [2.24, 2.45) is 0 Å². The van der Waals surface area contributed by atoms with Crippen LogP contribution in [0, 0.1) is 13.8 Å². The molecule has 0 aliphatic rings. The summed E-state index contributed by atoms with van der Waals surface area (Å²) in [5, 5.41) is 9.66. The number of carbonyl (C=O) groups is 1. The summed E-state index contributed by atoms with van der Waals surface area (Å²) in [6.45, 7) is 3.95. The average molecular weight is 358 g/mol.